The number of aromatic nitrogens is 4. The molecule has 0 saturated carbocycles. The Balaban J connectivity index is 1.79. The summed E-state index contributed by atoms with van der Waals surface area (Å²) in [4.78, 5) is 22.8. The van der Waals surface area contributed by atoms with Gasteiger partial charge in [0, 0.05) is 28.7 Å². The van der Waals surface area contributed by atoms with Gasteiger partial charge < -0.3 is 9.80 Å². The number of hydrogen-bond donors (Lipinski definition) is 0. The lowest BCUT2D eigenvalue weighted by atomic mass is 10.00. The number of fused-ring (bicyclic) bond motifs is 1. The highest BCUT2D eigenvalue weighted by molar-refractivity contribution is 6.31. The lowest BCUT2D eigenvalue weighted by molar-refractivity contribution is -0.137. The van der Waals surface area contributed by atoms with Crippen LogP contribution in [0.15, 0.2) is 53.3 Å². The minimum atomic E-state index is -4.44. The Labute approximate surface area is 233 Å². The molecule has 0 aliphatic carbocycles. The van der Waals surface area contributed by atoms with Crippen molar-refractivity contribution in [3.63, 3.8) is 0 Å². The van der Waals surface area contributed by atoms with Gasteiger partial charge in [0.1, 0.15) is 0 Å². The lowest BCUT2D eigenvalue weighted by Crippen LogP contribution is -2.43. The van der Waals surface area contributed by atoms with Crippen LogP contribution in [0.2, 0.25) is 10.0 Å². The van der Waals surface area contributed by atoms with Crippen LogP contribution in [0.5, 0.6) is 0 Å². The standard InChI is InChI=1S/C27H27Cl2F3N6O/c1-35-14-11-21(12-15-35)36(2)25-33-23(18-5-9-20(29)10-6-18)22(17-3-7-19(28)8-4-17)24-34-37(26(39)38(24)25)16-13-27(30,31)32/h3-10,21H,11-16H2,1-2H3. The number of likely N-dealkylation sites (tertiary alicyclic amines) is 1. The lowest BCUT2D eigenvalue weighted by Gasteiger charge is -2.35. The molecule has 5 rings (SSSR count). The van der Waals surface area contributed by atoms with Crippen molar-refractivity contribution in [3.8, 4) is 22.4 Å². The van der Waals surface area contributed by atoms with Crippen LogP contribution in [0.1, 0.15) is 19.3 Å². The SMILES string of the molecule is CN1CCC(N(C)c2nc(-c3ccc(Cl)cc3)c(-c3ccc(Cl)cc3)c3nn(CCC(F)(F)F)c(=O)n23)CC1. The number of rotatable bonds is 6. The highest BCUT2D eigenvalue weighted by Crippen LogP contribution is 2.37. The highest BCUT2D eigenvalue weighted by Gasteiger charge is 2.31. The molecule has 1 saturated heterocycles. The summed E-state index contributed by atoms with van der Waals surface area (Å²) in [5, 5.41) is 5.51. The molecule has 2 aromatic carbocycles. The fourth-order valence-electron chi connectivity index (χ4n) is 4.92. The summed E-state index contributed by atoms with van der Waals surface area (Å²) in [6.45, 7) is 1.16. The van der Waals surface area contributed by atoms with Crippen LogP contribution < -0.4 is 10.6 Å². The average molecular weight is 579 g/mol. The first kappa shape index (κ1) is 27.5. The van der Waals surface area contributed by atoms with Crippen LogP contribution in [0.3, 0.4) is 0 Å². The van der Waals surface area contributed by atoms with Crippen LogP contribution in [0.4, 0.5) is 19.1 Å². The smallest absolute Gasteiger partial charge is 0.342 e. The maximum atomic E-state index is 13.6. The molecule has 39 heavy (non-hydrogen) atoms. The number of piperidine rings is 1. The van der Waals surface area contributed by atoms with Crippen molar-refractivity contribution in [2.75, 3.05) is 32.1 Å². The second-order valence-corrected chi connectivity index (χ2v) is 10.7. The Kier molecular flexibility index (Phi) is 7.63. The van der Waals surface area contributed by atoms with Crippen molar-refractivity contribution >= 4 is 34.8 Å². The van der Waals surface area contributed by atoms with Gasteiger partial charge >= 0.3 is 11.9 Å². The van der Waals surface area contributed by atoms with Gasteiger partial charge in [-0.3, -0.25) is 0 Å². The van der Waals surface area contributed by atoms with E-state index in [1.807, 2.05) is 24.1 Å². The van der Waals surface area contributed by atoms with Gasteiger partial charge in [0.2, 0.25) is 5.95 Å². The van der Waals surface area contributed by atoms with Gasteiger partial charge in [-0.2, -0.15) is 13.2 Å². The maximum Gasteiger partial charge on any atom is 0.390 e. The first-order chi connectivity index (χ1) is 18.5. The number of benzene rings is 2. The van der Waals surface area contributed by atoms with Gasteiger partial charge in [0.25, 0.3) is 0 Å². The molecule has 3 heterocycles. The third-order valence-electron chi connectivity index (χ3n) is 7.12. The number of nitrogens with zero attached hydrogens (tertiary/aromatic N) is 6. The van der Waals surface area contributed by atoms with Crippen molar-refractivity contribution in [2.24, 2.45) is 0 Å². The largest absolute Gasteiger partial charge is 0.390 e. The van der Waals surface area contributed by atoms with E-state index >= 15 is 0 Å². The number of aryl methyl sites for hydroxylation is 1. The summed E-state index contributed by atoms with van der Waals surface area (Å²) in [5.41, 5.74) is 1.99. The first-order valence-electron chi connectivity index (χ1n) is 12.6. The molecule has 7 nitrogen and oxygen atoms in total. The van der Waals surface area contributed by atoms with E-state index in [9.17, 15) is 18.0 Å². The van der Waals surface area contributed by atoms with E-state index < -0.39 is 24.8 Å². The molecule has 0 radical (unpaired) electrons. The van der Waals surface area contributed by atoms with Crippen LogP contribution in [-0.2, 0) is 6.54 Å². The minimum absolute atomic E-state index is 0.0850. The van der Waals surface area contributed by atoms with Gasteiger partial charge in [0.05, 0.1) is 24.2 Å². The summed E-state index contributed by atoms with van der Waals surface area (Å²) >= 11 is 12.3. The van der Waals surface area contributed by atoms with E-state index in [1.54, 1.807) is 36.4 Å². The zero-order valence-electron chi connectivity index (χ0n) is 21.4. The molecule has 0 unspecified atom stereocenters. The topological polar surface area (TPSA) is 58.7 Å². The number of halogens is 5. The van der Waals surface area contributed by atoms with Gasteiger partial charge in [-0.1, -0.05) is 47.5 Å². The maximum absolute atomic E-state index is 13.6. The van der Waals surface area contributed by atoms with Crippen LogP contribution >= 0.6 is 23.2 Å². The minimum Gasteiger partial charge on any atom is -0.342 e. The molecule has 0 spiro atoms. The Morgan fingerprint density at radius 2 is 1.54 bits per heavy atom. The Morgan fingerprint density at radius 1 is 0.974 bits per heavy atom. The van der Waals surface area contributed by atoms with Gasteiger partial charge in [0.15, 0.2) is 5.65 Å². The van der Waals surface area contributed by atoms with Crippen LogP contribution in [-0.4, -0.2) is 63.5 Å². The molecule has 12 heteroatoms. The Bertz CT molecular complexity index is 1530. The molecule has 1 aliphatic heterocycles. The zero-order chi connectivity index (χ0) is 27.9. The fourth-order valence-corrected chi connectivity index (χ4v) is 5.17. The second kappa shape index (κ2) is 10.8. The predicted octanol–water partition coefficient (Wildman–Crippen LogP) is 6.01. The highest BCUT2D eigenvalue weighted by atomic mass is 35.5. The average Bonchev–Trinajstić information content (AvgIpc) is 3.23. The van der Waals surface area contributed by atoms with E-state index in [1.165, 1.54) is 4.40 Å². The number of hydrogen-bond acceptors (Lipinski definition) is 5. The number of anilines is 1. The summed E-state index contributed by atoms with van der Waals surface area (Å²) in [6, 6.07) is 14.2. The van der Waals surface area contributed by atoms with Crippen molar-refractivity contribution in [2.45, 2.75) is 38.0 Å². The zero-order valence-corrected chi connectivity index (χ0v) is 22.9. The van der Waals surface area contributed by atoms with E-state index in [2.05, 4.69) is 17.0 Å². The molecule has 0 bridgehead atoms. The summed E-state index contributed by atoms with van der Waals surface area (Å²) in [6.07, 6.45) is -3.91. The van der Waals surface area contributed by atoms with Gasteiger partial charge in [-0.15, -0.1) is 5.10 Å². The molecular weight excluding hydrogens is 552 g/mol. The predicted molar refractivity (Wildman–Crippen MR) is 148 cm³/mol. The van der Waals surface area contributed by atoms with E-state index in [4.69, 9.17) is 28.2 Å². The summed E-state index contributed by atoms with van der Waals surface area (Å²) < 4.78 is 41.5. The molecule has 1 fully saturated rings. The molecule has 206 valence electrons. The molecule has 1 aliphatic rings. The van der Waals surface area contributed by atoms with Crippen molar-refractivity contribution in [3.05, 3.63) is 69.1 Å². The monoisotopic (exact) mass is 578 g/mol. The fraction of sp³-hybridized carbons (Fsp3) is 0.370. The Morgan fingerprint density at radius 3 is 2.10 bits per heavy atom. The van der Waals surface area contributed by atoms with E-state index in [-0.39, 0.29) is 11.7 Å². The third-order valence-corrected chi connectivity index (χ3v) is 7.62. The molecule has 0 amide bonds. The molecule has 0 atom stereocenters. The summed E-state index contributed by atoms with van der Waals surface area (Å²) in [7, 11) is 3.92. The van der Waals surface area contributed by atoms with E-state index in [0.29, 0.717) is 32.8 Å². The Hall–Kier alpha value is -3.08. The quantitative estimate of drug-likeness (QED) is 0.280. The number of alkyl halides is 3. The third kappa shape index (κ3) is 5.78. The first-order valence-corrected chi connectivity index (χ1v) is 13.3. The molecular formula is C27H27Cl2F3N6O. The normalized spacial score (nSPS) is 15.3. The summed E-state index contributed by atoms with van der Waals surface area (Å²) in [5.74, 6) is 0.325. The van der Waals surface area contributed by atoms with Crippen molar-refractivity contribution < 1.29 is 13.2 Å². The van der Waals surface area contributed by atoms with Crippen LogP contribution in [0.25, 0.3) is 28.0 Å². The molecule has 0 N–H and O–H groups in total. The van der Waals surface area contributed by atoms with Crippen molar-refractivity contribution in [1.82, 2.24) is 24.1 Å². The van der Waals surface area contributed by atoms with Crippen LogP contribution in [0, 0.1) is 0 Å². The second-order valence-electron chi connectivity index (χ2n) is 9.82. The van der Waals surface area contributed by atoms with Gasteiger partial charge in [-0.25, -0.2) is 18.9 Å². The van der Waals surface area contributed by atoms with Crippen molar-refractivity contribution in [1.29, 1.82) is 0 Å². The van der Waals surface area contributed by atoms with Gasteiger partial charge in [-0.05, 0) is 62.8 Å². The molecule has 2 aromatic heterocycles. The van der Waals surface area contributed by atoms with E-state index in [0.717, 1.165) is 36.2 Å². The molecule has 4 aromatic rings.